The average Bonchev–Trinajstić information content (AvgIpc) is 3.55. The van der Waals surface area contributed by atoms with E-state index in [2.05, 4.69) is 29.6 Å². The number of hydrogen-bond donors (Lipinski definition) is 2. The Kier molecular flexibility index (Phi) is 5.80. The maximum absolute atomic E-state index is 13.3. The minimum atomic E-state index is -0.861. The molecule has 178 valence electrons. The third-order valence-corrected chi connectivity index (χ3v) is 7.91. The Morgan fingerprint density at radius 3 is 2.32 bits per heavy atom. The highest BCUT2D eigenvalue weighted by Gasteiger charge is 2.49. The number of hydrogen-bond acceptors (Lipinski definition) is 4. The molecule has 1 saturated heterocycles. The summed E-state index contributed by atoms with van der Waals surface area (Å²) in [6.07, 6.45) is 2.14. The van der Waals surface area contributed by atoms with Crippen molar-refractivity contribution in [1.29, 1.82) is 0 Å². The SMILES string of the molecule is CC1(C(=O)N2CCC(C(=O)O)C2)CCCC1NC(=O)OCC1c2ccccc2-c2ccccc21. The number of amides is 2. The highest BCUT2D eigenvalue weighted by atomic mass is 16.5. The summed E-state index contributed by atoms with van der Waals surface area (Å²) < 4.78 is 5.70. The van der Waals surface area contributed by atoms with Crippen molar-refractivity contribution < 1.29 is 24.2 Å². The first kappa shape index (κ1) is 22.4. The summed E-state index contributed by atoms with van der Waals surface area (Å²) in [5, 5.41) is 12.2. The Bertz CT molecular complexity index is 1090. The van der Waals surface area contributed by atoms with Crippen LogP contribution in [0.5, 0.6) is 0 Å². The third-order valence-electron chi connectivity index (χ3n) is 7.91. The van der Waals surface area contributed by atoms with Gasteiger partial charge in [-0.1, -0.05) is 55.0 Å². The fourth-order valence-corrected chi connectivity index (χ4v) is 5.94. The van der Waals surface area contributed by atoms with Gasteiger partial charge in [-0.2, -0.15) is 0 Å². The Labute approximate surface area is 199 Å². The molecule has 0 bridgehead atoms. The van der Waals surface area contributed by atoms with Gasteiger partial charge in [0.05, 0.1) is 11.3 Å². The predicted octanol–water partition coefficient (Wildman–Crippen LogP) is 4.02. The molecule has 0 radical (unpaired) electrons. The van der Waals surface area contributed by atoms with Crippen molar-refractivity contribution in [2.24, 2.45) is 11.3 Å². The van der Waals surface area contributed by atoms with Crippen LogP contribution >= 0.6 is 0 Å². The zero-order valence-electron chi connectivity index (χ0n) is 19.3. The number of fused-ring (bicyclic) bond motifs is 3. The number of carbonyl (C=O) groups is 3. The zero-order chi connectivity index (χ0) is 23.9. The lowest BCUT2D eigenvalue weighted by Gasteiger charge is -2.34. The molecule has 2 aromatic rings. The lowest BCUT2D eigenvalue weighted by Crippen LogP contribution is -2.52. The summed E-state index contributed by atoms with van der Waals surface area (Å²) in [6, 6.07) is 16.0. The molecule has 7 nitrogen and oxygen atoms in total. The fourth-order valence-electron chi connectivity index (χ4n) is 5.94. The van der Waals surface area contributed by atoms with Crippen LogP contribution in [0.2, 0.25) is 0 Å². The van der Waals surface area contributed by atoms with Crippen molar-refractivity contribution in [3.8, 4) is 11.1 Å². The van der Waals surface area contributed by atoms with Crippen LogP contribution in [0, 0.1) is 11.3 Å². The highest BCUT2D eigenvalue weighted by Crippen LogP contribution is 2.45. The first-order valence-corrected chi connectivity index (χ1v) is 12.0. The average molecular weight is 463 g/mol. The van der Waals surface area contributed by atoms with Gasteiger partial charge in [0.15, 0.2) is 0 Å². The number of nitrogens with zero attached hydrogens (tertiary/aromatic N) is 1. The van der Waals surface area contributed by atoms with E-state index >= 15 is 0 Å². The van der Waals surface area contributed by atoms with Crippen molar-refractivity contribution in [2.75, 3.05) is 19.7 Å². The second-order valence-corrected chi connectivity index (χ2v) is 9.91. The van der Waals surface area contributed by atoms with Crippen molar-refractivity contribution in [2.45, 2.75) is 44.6 Å². The zero-order valence-corrected chi connectivity index (χ0v) is 19.3. The number of carboxylic acids is 1. The normalized spacial score (nSPS) is 25.6. The number of likely N-dealkylation sites (tertiary alicyclic amines) is 1. The first-order chi connectivity index (χ1) is 16.4. The molecule has 0 spiro atoms. The molecular formula is C27H30N2O5. The summed E-state index contributed by atoms with van der Waals surface area (Å²) in [7, 11) is 0. The molecule has 2 N–H and O–H groups in total. The first-order valence-electron chi connectivity index (χ1n) is 12.0. The van der Waals surface area contributed by atoms with E-state index < -0.39 is 23.4 Å². The molecule has 2 aromatic carbocycles. The molecule has 7 heteroatoms. The minimum Gasteiger partial charge on any atom is -0.481 e. The molecule has 2 aliphatic carbocycles. The van der Waals surface area contributed by atoms with E-state index in [4.69, 9.17) is 4.74 Å². The largest absolute Gasteiger partial charge is 0.481 e. The molecule has 34 heavy (non-hydrogen) atoms. The smallest absolute Gasteiger partial charge is 0.407 e. The summed E-state index contributed by atoms with van der Waals surface area (Å²) in [5.74, 6) is -1.47. The molecule has 1 saturated carbocycles. The van der Waals surface area contributed by atoms with E-state index in [1.54, 1.807) is 4.90 Å². The minimum absolute atomic E-state index is 0.0210. The Hall–Kier alpha value is -3.35. The fraction of sp³-hybridized carbons (Fsp3) is 0.444. The molecule has 1 aliphatic heterocycles. The van der Waals surface area contributed by atoms with Crippen molar-refractivity contribution >= 4 is 18.0 Å². The van der Waals surface area contributed by atoms with Gasteiger partial charge in [0.1, 0.15) is 6.61 Å². The van der Waals surface area contributed by atoms with Gasteiger partial charge in [-0.15, -0.1) is 0 Å². The number of rotatable bonds is 5. The van der Waals surface area contributed by atoms with Crippen molar-refractivity contribution in [3.05, 3.63) is 59.7 Å². The van der Waals surface area contributed by atoms with Gasteiger partial charge in [0, 0.05) is 25.0 Å². The van der Waals surface area contributed by atoms with Crippen LogP contribution in [-0.2, 0) is 14.3 Å². The molecule has 3 atom stereocenters. The van der Waals surface area contributed by atoms with Crippen LogP contribution in [-0.4, -0.2) is 53.7 Å². The monoisotopic (exact) mass is 462 g/mol. The number of benzene rings is 2. The van der Waals surface area contributed by atoms with Crippen LogP contribution in [0.1, 0.15) is 49.7 Å². The molecule has 1 heterocycles. The predicted molar refractivity (Wildman–Crippen MR) is 126 cm³/mol. The second-order valence-electron chi connectivity index (χ2n) is 9.91. The van der Waals surface area contributed by atoms with E-state index in [1.165, 1.54) is 11.1 Å². The highest BCUT2D eigenvalue weighted by molar-refractivity contribution is 5.86. The Balaban J connectivity index is 1.24. The topological polar surface area (TPSA) is 95.9 Å². The van der Waals surface area contributed by atoms with Gasteiger partial charge in [-0.3, -0.25) is 9.59 Å². The van der Waals surface area contributed by atoms with Gasteiger partial charge in [0.2, 0.25) is 5.91 Å². The molecular weight excluding hydrogens is 432 g/mol. The van der Waals surface area contributed by atoms with Gasteiger partial charge in [-0.05, 0) is 48.4 Å². The number of aliphatic carboxylic acids is 1. The molecule has 3 aliphatic rings. The number of alkyl carbamates (subject to hydrolysis) is 1. The van der Waals surface area contributed by atoms with Crippen LogP contribution in [0.25, 0.3) is 11.1 Å². The van der Waals surface area contributed by atoms with Crippen LogP contribution in [0.4, 0.5) is 4.79 Å². The van der Waals surface area contributed by atoms with Gasteiger partial charge < -0.3 is 20.1 Å². The Morgan fingerprint density at radius 1 is 1.06 bits per heavy atom. The van der Waals surface area contributed by atoms with Crippen LogP contribution in [0.15, 0.2) is 48.5 Å². The molecule has 5 rings (SSSR count). The van der Waals surface area contributed by atoms with Gasteiger partial charge in [0.25, 0.3) is 0 Å². The third kappa shape index (κ3) is 3.83. The summed E-state index contributed by atoms with van der Waals surface area (Å²) in [5.41, 5.74) is 3.90. The van der Waals surface area contributed by atoms with Gasteiger partial charge >= 0.3 is 12.1 Å². The number of nitrogens with one attached hydrogen (secondary N) is 1. The molecule has 2 fully saturated rings. The van der Waals surface area contributed by atoms with E-state index in [0.717, 1.165) is 17.5 Å². The second kappa shape index (κ2) is 8.78. The maximum atomic E-state index is 13.3. The lowest BCUT2D eigenvalue weighted by atomic mass is 9.83. The van der Waals surface area contributed by atoms with Crippen LogP contribution < -0.4 is 5.32 Å². The summed E-state index contributed by atoms with van der Waals surface area (Å²) in [6.45, 7) is 2.79. The van der Waals surface area contributed by atoms with Gasteiger partial charge in [-0.25, -0.2) is 4.79 Å². The molecule has 2 amide bonds. The standard InChI is InChI=1S/C27H30N2O5/c1-27(25(32)29-14-12-17(15-29)24(30)31)13-6-11-23(27)28-26(33)34-16-22-20-9-4-2-7-18(20)19-8-3-5-10-21(19)22/h2-5,7-10,17,22-23H,6,11-16H2,1H3,(H,28,33)(H,30,31). The van der Waals surface area contributed by atoms with Crippen molar-refractivity contribution in [3.63, 3.8) is 0 Å². The number of carboxylic acid groups (broad SMARTS) is 1. The lowest BCUT2D eigenvalue weighted by molar-refractivity contribution is -0.143. The van der Waals surface area contributed by atoms with Crippen LogP contribution in [0.3, 0.4) is 0 Å². The number of ether oxygens (including phenoxy) is 1. The van der Waals surface area contributed by atoms with E-state index in [0.29, 0.717) is 25.8 Å². The molecule has 0 aromatic heterocycles. The van der Waals surface area contributed by atoms with E-state index in [9.17, 15) is 19.5 Å². The van der Waals surface area contributed by atoms with E-state index in [-0.39, 0.29) is 31.0 Å². The maximum Gasteiger partial charge on any atom is 0.407 e. The number of carbonyl (C=O) groups excluding carboxylic acids is 2. The quantitative estimate of drug-likeness (QED) is 0.700. The van der Waals surface area contributed by atoms with E-state index in [1.807, 2.05) is 31.2 Å². The summed E-state index contributed by atoms with van der Waals surface area (Å²) in [4.78, 5) is 39.1. The Morgan fingerprint density at radius 2 is 1.71 bits per heavy atom. The molecule has 3 unspecified atom stereocenters. The van der Waals surface area contributed by atoms with Crippen molar-refractivity contribution in [1.82, 2.24) is 10.2 Å². The summed E-state index contributed by atoms with van der Waals surface area (Å²) >= 11 is 0.